The highest BCUT2D eigenvalue weighted by Crippen LogP contribution is 2.21. The van der Waals surface area contributed by atoms with Crippen LogP contribution >= 0.6 is 0 Å². The number of rotatable bonds is 0. The standard InChI is InChI=1S/C7H8N2O2/c10-5-1-2-7(9-5)3-4-8-6(7)11/h1-2H,3-4H2,(H,8,11)(H,9,10). The van der Waals surface area contributed by atoms with Gasteiger partial charge >= 0.3 is 0 Å². The van der Waals surface area contributed by atoms with E-state index in [1.807, 2.05) is 0 Å². The summed E-state index contributed by atoms with van der Waals surface area (Å²) < 4.78 is 0. The zero-order chi connectivity index (χ0) is 7.90. The molecule has 2 N–H and O–H groups in total. The lowest BCUT2D eigenvalue weighted by Gasteiger charge is -2.16. The third-order valence-corrected chi connectivity index (χ3v) is 2.08. The number of carbonyl (C=O) groups is 2. The monoisotopic (exact) mass is 152 g/mol. The number of amides is 2. The fourth-order valence-electron chi connectivity index (χ4n) is 1.44. The van der Waals surface area contributed by atoms with Crippen molar-refractivity contribution in [2.24, 2.45) is 0 Å². The third-order valence-electron chi connectivity index (χ3n) is 2.08. The van der Waals surface area contributed by atoms with Crippen molar-refractivity contribution in [1.82, 2.24) is 10.6 Å². The van der Waals surface area contributed by atoms with Gasteiger partial charge in [0.15, 0.2) is 0 Å². The molecule has 0 aliphatic carbocycles. The van der Waals surface area contributed by atoms with Crippen LogP contribution in [0.15, 0.2) is 12.2 Å². The van der Waals surface area contributed by atoms with Crippen LogP contribution in [0.3, 0.4) is 0 Å². The number of nitrogens with one attached hydrogen (secondary N) is 2. The molecule has 0 saturated carbocycles. The lowest BCUT2D eigenvalue weighted by atomic mass is 10.0. The molecule has 0 bridgehead atoms. The van der Waals surface area contributed by atoms with Gasteiger partial charge in [-0.25, -0.2) is 0 Å². The summed E-state index contributed by atoms with van der Waals surface area (Å²) in [4.78, 5) is 21.9. The fourth-order valence-corrected chi connectivity index (χ4v) is 1.44. The molecule has 58 valence electrons. The maximum absolute atomic E-state index is 11.2. The maximum atomic E-state index is 11.2. The normalized spacial score (nSPS) is 34.5. The lowest BCUT2D eigenvalue weighted by Crippen LogP contribution is -2.47. The zero-order valence-corrected chi connectivity index (χ0v) is 5.89. The Kier molecular flexibility index (Phi) is 1.07. The Morgan fingerprint density at radius 1 is 1.45 bits per heavy atom. The van der Waals surface area contributed by atoms with Gasteiger partial charge in [0.05, 0.1) is 0 Å². The summed E-state index contributed by atoms with van der Waals surface area (Å²) in [5.41, 5.74) is -0.711. The second kappa shape index (κ2) is 1.84. The van der Waals surface area contributed by atoms with Gasteiger partial charge in [0.2, 0.25) is 11.8 Å². The first kappa shape index (κ1) is 6.39. The van der Waals surface area contributed by atoms with E-state index in [1.165, 1.54) is 6.08 Å². The van der Waals surface area contributed by atoms with E-state index >= 15 is 0 Å². The van der Waals surface area contributed by atoms with Gasteiger partial charge in [0, 0.05) is 19.0 Å². The Morgan fingerprint density at radius 2 is 2.27 bits per heavy atom. The molecule has 0 aromatic rings. The summed E-state index contributed by atoms with van der Waals surface area (Å²) in [5, 5.41) is 5.28. The van der Waals surface area contributed by atoms with Crippen LogP contribution in [0.4, 0.5) is 0 Å². The fraction of sp³-hybridized carbons (Fsp3) is 0.429. The second-order valence-electron chi connectivity index (χ2n) is 2.80. The van der Waals surface area contributed by atoms with Gasteiger partial charge in [-0.15, -0.1) is 0 Å². The summed E-state index contributed by atoms with van der Waals surface area (Å²) >= 11 is 0. The molecule has 1 atom stereocenters. The topological polar surface area (TPSA) is 58.2 Å². The van der Waals surface area contributed by atoms with E-state index in [0.29, 0.717) is 13.0 Å². The molecule has 2 rings (SSSR count). The van der Waals surface area contributed by atoms with E-state index in [9.17, 15) is 9.59 Å². The largest absolute Gasteiger partial charge is 0.354 e. The predicted molar refractivity (Wildman–Crippen MR) is 37.6 cm³/mol. The summed E-state index contributed by atoms with van der Waals surface area (Å²) in [5.74, 6) is -0.276. The van der Waals surface area contributed by atoms with E-state index in [-0.39, 0.29) is 11.8 Å². The molecule has 1 spiro atoms. The Labute approximate surface area is 63.7 Å². The molecule has 0 aromatic carbocycles. The van der Waals surface area contributed by atoms with E-state index in [1.54, 1.807) is 6.08 Å². The van der Waals surface area contributed by atoms with Crippen molar-refractivity contribution in [1.29, 1.82) is 0 Å². The van der Waals surface area contributed by atoms with E-state index in [2.05, 4.69) is 10.6 Å². The minimum atomic E-state index is -0.711. The van der Waals surface area contributed by atoms with E-state index < -0.39 is 5.54 Å². The number of hydrogen-bond donors (Lipinski definition) is 2. The van der Waals surface area contributed by atoms with Crippen LogP contribution in [-0.4, -0.2) is 23.9 Å². The zero-order valence-electron chi connectivity index (χ0n) is 5.89. The van der Waals surface area contributed by atoms with E-state index in [4.69, 9.17) is 0 Å². The lowest BCUT2D eigenvalue weighted by molar-refractivity contribution is -0.126. The van der Waals surface area contributed by atoms with Crippen molar-refractivity contribution in [3.63, 3.8) is 0 Å². The Morgan fingerprint density at radius 3 is 2.73 bits per heavy atom. The molecule has 2 amide bonds. The van der Waals surface area contributed by atoms with Crippen molar-refractivity contribution in [2.75, 3.05) is 6.54 Å². The Hall–Kier alpha value is -1.32. The minimum absolute atomic E-state index is 0.0976. The van der Waals surface area contributed by atoms with Gasteiger partial charge in [-0.2, -0.15) is 0 Å². The molecule has 1 fully saturated rings. The van der Waals surface area contributed by atoms with Crippen LogP contribution < -0.4 is 10.6 Å². The molecule has 1 unspecified atom stereocenters. The molecule has 1 saturated heterocycles. The van der Waals surface area contributed by atoms with Crippen LogP contribution in [0.2, 0.25) is 0 Å². The molecule has 4 heteroatoms. The second-order valence-corrected chi connectivity index (χ2v) is 2.80. The molecular formula is C7H8N2O2. The van der Waals surface area contributed by atoms with Crippen molar-refractivity contribution >= 4 is 11.8 Å². The van der Waals surface area contributed by atoms with Crippen LogP contribution in [0, 0.1) is 0 Å². The molecule has 0 radical (unpaired) electrons. The van der Waals surface area contributed by atoms with Crippen LogP contribution in [0.1, 0.15) is 6.42 Å². The first-order chi connectivity index (χ1) is 5.23. The molecule has 4 nitrogen and oxygen atoms in total. The van der Waals surface area contributed by atoms with Gasteiger partial charge < -0.3 is 10.6 Å². The summed E-state index contributed by atoms with van der Waals surface area (Å²) in [7, 11) is 0. The predicted octanol–water partition coefficient (Wildman–Crippen LogP) is -1.07. The molecule has 2 aliphatic heterocycles. The van der Waals surface area contributed by atoms with Gasteiger partial charge in [-0.05, 0) is 6.08 Å². The highest BCUT2D eigenvalue weighted by Gasteiger charge is 2.43. The molecule has 0 aromatic heterocycles. The van der Waals surface area contributed by atoms with Crippen molar-refractivity contribution in [2.45, 2.75) is 12.0 Å². The Balaban J connectivity index is 2.31. The Bertz CT molecular complexity index is 259. The average Bonchev–Trinajstić information content (AvgIpc) is 2.46. The number of hydrogen-bond acceptors (Lipinski definition) is 2. The molecule has 2 aliphatic rings. The van der Waals surface area contributed by atoms with E-state index in [0.717, 1.165) is 0 Å². The van der Waals surface area contributed by atoms with Gasteiger partial charge in [0.1, 0.15) is 5.54 Å². The molecular weight excluding hydrogens is 144 g/mol. The van der Waals surface area contributed by atoms with Crippen LogP contribution in [0.25, 0.3) is 0 Å². The minimum Gasteiger partial charge on any atom is -0.354 e. The maximum Gasteiger partial charge on any atom is 0.249 e. The number of carbonyl (C=O) groups excluding carboxylic acids is 2. The van der Waals surface area contributed by atoms with Gasteiger partial charge in [-0.3, -0.25) is 9.59 Å². The van der Waals surface area contributed by atoms with Crippen molar-refractivity contribution in [3.8, 4) is 0 Å². The van der Waals surface area contributed by atoms with Crippen molar-refractivity contribution in [3.05, 3.63) is 12.2 Å². The first-order valence-electron chi connectivity index (χ1n) is 3.53. The summed E-state index contributed by atoms with van der Waals surface area (Å²) in [6.45, 7) is 0.642. The quantitative estimate of drug-likeness (QED) is 0.464. The van der Waals surface area contributed by atoms with Crippen LogP contribution in [-0.2, 0) is 9.59 Å². The average molecular weight is 152 g/mol. The van der Waals surface area contributed by atoms with Gasteiger partial charge in [0.25, 0.3) is 0 Å². The van der Waals surface area contributed by atoms with Gasteiger partial charge in [-0.1, -0.05) is 0 Å². The summed E-state index contributed by atoms with van der Waals surface area (Å²) in [6, 6.07) is 0. The highest BCUT2D eigenvalue weighted by atomic mass is 16.2. The molecule has 2 heterocycles. The van der Waals surface area contributed by atoms with Crippen LogP contribution in [0.5, 0.6) is 0 Å². The third kappa shape index (κ3) is 0.753. The SMILES string of the molecule is O=C1C=CC2(CCNC2=O)N1. The molecule has 11 heavy (non-hydrogen) atoms. The summed E-state index contributed by atoms with van der Waals surface area (Å²) in [6.07, 6.45) is 3.70. The smallest absolute Gasteiger partial charge is 0.249 e. The first-order valence-corrected chi connectivity index (χ1v) is 3.53. The van der Waals surface area contributed by atoms with Crippen molar-refractivity contribution < 1.29 is 9.59 Å². The highest BCUT2D eigenvalue weighted by molar-refractivity contribution is 6.02.